The maximum atomic E-state index is 13.2. The Bertz CT molecular complexity index is 521. The van der Waals surface area contributed by atoms with E-state index in [2.05, 4.69) is 37.9 Å². The zero-order chi connectivity index (χ0) is 11.5. The van der Waals surface area contributed by atoms with E-state index in [4.69, 9.17) is 11.6 Å². The SMILES string of the molecule is Fc1cc(Nc2ncncc2I)ccc1Cl. The van der Waals surface area contributed by atoms with E-state index < -0.39 is 5.82 Å². The number of aromatic nitrogens is 2. The number of hydrogen-bond donors (Lipinski definition) is 1. The Morgan fingerprint density at radius 2 is 2.19 bits per heavy atom. The van der Waals surface area contributed by atoms with E-state index in [1.165, 1.54) is 18.5 Å². The highest BCUT2D eigenvalue weighted by molar-refractivity contribution is 14.1. The summed E-state index contributed by atoms with van der Waals surface area (Å²) in [4.78, 5) is 7.90. The van der Waals surface area contributed by atoms with Crippen molar-refractivity contribution in [3.8, 4) is 0 Å². The van der Waals surface area contributed by atoms with Crippen molar-refractivity contribution in [1.29, 1.82) is 0 Å². The molecule has 0 aliphatic rings. The largest absolute Gasteiger partial charge is 0.339 e. The molecule has 1 aromatic carbocycles. The number of rotatable bonds is 2. The van der Waals surface area contributed by atoms with Crippen LogP contribution in [0.4, 0.5) is 15.9 Å². The molecule has 0 saturated heterocycles. The number of anilines is 2. The smallest absolute Gasteiger partial charge is 0.147 e. The predicted octanol–water partition coefficient (Wildman–Crippen LogP) is 3.62. The van der Waals surface area contributed by atoms with Gasteiger partial charge in [0.25, 0.3) is 0 Å². The van der Waals surface area contributed by atoms with Gasteiger partial charge < -0.3 is 5.32 Å². The van der Waals surface area contributed by atoms with Crippen molar-refractivity contribution in [1.82, 2.24) is 9.97 Å². The fourth-order valence-electron chi connectivity index (χ4n) is 1.12. The molecule has 0 fully saturated rings. The van der Waals surface area contributed by atoms with Gasteiger partial charge in [-0.3, -0.25) is 0 Å². The maximum absolute atomic E-state index is 13.2. The van der Waals surface area contributed by atoms with Gasteiger partial charge in [0.05, 0.1) is 8.59 Å². The van der Waals surface area contributed by atoms with Gasteiger partial charge in [-0.05, 0) is 40.8 Å². The van der Waals surface area contributed by atoms with Crippen molar-refractivity contribution in [2.45, 2.75) is 0 Å². The summed E-state index contributed by atoms with van der Waals surface area (Å²) in [5, 5.41) is 3.08. The molecule has 0 aliphatic carbocycles. The molecule has 2 rings (SSSR count). The number of hydrogen-bond acceptors (Lipinski definition) is 3. The lowest BCUT2D eigenvalue weighted by Crippen LogP contribution is -1.97. The van der Waals surface area contributed by atoms with Gasteiger partial charge in [0.1, 0.15) is 18.0 Å². The Morgan fingerprint density at radius 1 is 1.38 bits per heavy atom. The van der Waals surface area contributed by atoms with Gasteiger partial charge >= 0.3 is 0 Å². The van der Waals surface area contributed by atoms with Crippen LogP contribution < -0.4 is 5.32 Å². The Labute approximate surface area is 110 Å². The van der Waals surface area contributed by atoms with Crippen molar-refractivity contribution in [2.24, 2.45) is 0 Å². The van der Waals surface area contributed by atoms with Crippen LogP contribution in [-0.2, 0) is 0 Å². The fraction of sp³-hybridized carbons (Fsp3) is 0. The summed E-state index contributed by atoms with van der Waals surface area (Å²) in [6, 6.07) is 4.50. The third-order valence-corrected chi connectivity index (χ3v) is 2.95. The Balaban J connectivity index is 2.28. The first-order valence-corrected chi connectivity index (χ1v) is 5.80. The van der Waals surface area contributed by atoms with Crippen molar-refractivity contribution < 1.29 is 4.39 Å². The summed E-state index contributed by atoms with van der Waals surface area (Å²) in [7, 11) is 0. The van der Waals surface area contributed by atoms with Gasteiger partial charge in [-0.1, -0.05) is 11.6 Å². The Hall–Kier alpha value is -0.950. The lowest BCUT2D eigenvalue weighted by Gasteiger charge is -2.07. The molecule has 6 heteroatoms. The summed E-state index contributed by atoms with van der Waals surface area (Å²) in [6.45, 7) is 0. The Kier molecular flexibility index (Phi) is 3.55. The predicted molar refractivity (Wildman–Crippen MR) is 69.4 cm³/mol. The van der Waals surface area contributed by atoms with Crippen molar-refractivity contribution in [3.63, 3.8) is 0 Å². The quantitative estimate of drug-likeness (QED) is 0.842. The topological polar surface area (TPSA) is 37.8 Å². The first-order valence-electron chi connectivity index (χ1n) is 4.34. The molecule has 82 valence electrons. The maximum Gasteiger partial charge on any atom is 0.147 e. The van der Waals surface area contributed by atoms with E-state index >= 15 is 0 Å². The molecule has 0 radical (unpaired) electrons. The lowest BCUT2D eigenvalue weighted by atomic mass is 10.3. The summed E-state index contributed by atoms with van der Waals surface area (Å²) in [6.07, 6.45) is 3.10. The van der Waals surface area contributed by atoms with E-state index in [-0.39, 0.29) is 5.02 Å². The van der Waals surface area contributed by atoms with E-state index in [1.54, 1.807) is 12.3 Å². The molecule has 0 spiro atoms. The van der Waals surface area contributed by atoms with E-state index in [9.17, 15) is 4.39 Å². The first-order chi connectivity index (χ1) is 7.66. The highest BCUT2D eigenvalue weighted by atomic mass is 127. The molecular formula is C10H6ClFIN3. The molecule has 0 unspecified atom stereocenters. The lowest BCUT2D eigenvalue weighted by molar-refractivity contribution is 0.629. The molecule has 1 N–H and O–H groups in total. The molecule has 0 amide bonds. The van der Waals surface area contributed by atoms with Crippen molar-refractivity contribution >= 4 is 45.7 Å². The van der Waals surface area contributed by atoms with Gasteiger partial charge in [-0.25, -0.2) is 14.4 Å². The van der Waals surface area contributed by atoms with Crippen LogP contribution in [-0.4, -0.2) is 9.97 Å². The fourth-order valence-corrected chi connectivity index (χ4v) is 1.67. The molecule has 1 heterocycles. The summed E-state index contributed by atoms with van der Waals surface area (Å²) in [5.41, 5.74) is 0.596. The minimum atomic E-state index is -0.462. The highest BCUT2D eigenvalue weighted by Crippen LogP contribution is 2.23. The molecule has 0 saturated carbocycles. The number of benzene rings is 1. The minimum Gasteiger partial charge on any atom is -0.339 e. The second kappa shape index (κ2) is 4.92. The number of nitrogens with one attached hydrogen (secondary N) is 1. The number of halogens is 3. The van der Waals surface area contributed by atoms with Crippen LogP contribution in [0.25, 0.3) is 0 Å². The average Bonchev–Trinajstić information content (AvgIpc) is 2.27. The molecular weight excluding hydrogens is 343 g/mol. The summed E-state index contributed by atoms with van der Waals surface area (Å²) >= 11 is 7.68. The number of nitrogens with zero attached hydrogens (tertiary/aromatic N) is 2. The average molecular weight is 350 g/mol. The van der Waals surface area contributed by atoms with Crippen molar-refractivity contribution in [2.75, 3.05) is 5.32 Å². The van der Waals surface area contributed by atoms with Crippen LogP contribution in [0.2, 0.25) is 5.02 Å². The van der Waals surface area contributed by atoms with Gasteiger partial charge in [-0.2, -0.15) is 0 Å². The van der Waals surface area contributed by atoms with Crippen LogP contribution in [0, 0.1) is 9.39 Å². The van der Waals surface area contributed by atoms with E-state index in [0.717, 1.165) is 3.57 Å². The van der Waals surface area contributed by atoms with Crippen LogP contribution in [0.3, 0.4) is 0 Å². The second-order valence-electron chi connectivity index (χ2n) is 2.97. The zero-order valence-corrected chi connectivity index (χ0v) is 10.8. The zero-order valence-electron chi connectivity index (χ0n) is 7.92. The van der Waals surface area contributed by atoms with Crippen LogP contribution in [0.15, 0.2) is 30.7 Å². The minimum absolute atomic E-state index is 0.0999. The van der Waals surface area contributed by atoms with Gasteiger partial charge in [0.15, 0.2) is 0 Å². The molecule has 3 nitrogen and oxygen atoms in total. The normalized spacial score (nSPS) is 10.2. The van der Waals surface area contributed by atoms with E-state index in [1.807, 2.05) is 0 Å². The summed E-state index contributed by atoms with van der Waals surface area (Å²) < 4.78 is 14.0. The van der Waals surface area contributed by atoms with Crippen LogP contribution in [0.1, 0.15) is 0 Å². The molecule has 1 aromatic heterocycles. The summed E-state index contributed by atoms with van der Waals surface area (Å²) in [5.74, 6) is 0.174. The molecule has 16 heavy (non-hydrogen) atoms. The third-order valence-electron chi connectivity index (χ3n) is 1.85. The standard InChI is InChI=1S/C10H6ClFIN3/c11-7-2-1-6(3-8(7)12)16-10-9(13)4-14-5-15-10/h1-5H,(H,14,15,16). The van der Waals surface area contributed by atoms with E-state index in [0.29, 0.717) is 11.5 Å². The molecule has 0 aliphatic heterocycles. The third kappa shape index (κ3) is 2.59. The first kappa shape index (κ1) is 11.5. The van der Waals surface area contributed by atoms with Crippen LogP contribution >= 0.6 is 34.2 Å². The monoisotopic (exact) mass is 349 g/mol. The Morgan fingerprint density at radius 3 is 2.88 bits per heavy atom. The van der Waals surface area contributed by atoms with Gasteiger partial charge in [0.2, 0.25) is 0 Å². The molecule has 0 atom stereocenters. The molecule has 0 bridgehead atoms. The van der Waals surface area contributed by atoms with Crippen molar-refractivity contribution in [3.05, 3.63) is 45.1 Å². The van der Waals surface area contributed by atoms with Gasteiger partial charge in [0, 0.05) is 11.9 Å². The highest BCUT2D eigenvalue weighted by Gasteiger charge is 2.04. The van der Waals surface area contributed by atoms with Gasteiger partial charge in [-0.15, -0.1) is 0 Å². The van der Waals surface area contributed by atoms with Crippen LogP contribution in [0.5, 0.6) is 0 Å². The second-order valence-corrected chi connectivity index (χ2v) is 4.54. The molecule has 2 aromatic rings.